The van der Waals surface area contributed by atoms with Gasteiger partial charge in [-0.1, -0.05) is 12.1 Å². The number of hydrogen-bond donors (Lipinski definition) is 0. The number of amides is 2. The largest absolute Gasteiger partial charge is 0.276 e. The van der Waals surface area contributed by atoms with E-state index in [0.717, 1.165) is 5.01 Å². The first-order chi connectivity index (χ1) is 8.64. The summed E-state index contributed by atoms with van der Waals surface area (Å²) in [7, 11) is 0. The van der Waals surface area contributed by atoms with Crippen LogP contribution in [0.1, 0.15) is 20.7 Å². The van der Waals surface area contributed by atoms with Crippen molar-refractivity contribution in [1.82, 2.24) is 10.0 Å². The van der Waals surface area contributed by atoms with Crippen molar-refractivity contribution in [2.24, 2.45) is 0 Å². The zero-order chi connectivity index (χ0) is 12.9. The number of imide groups is 1. The lowest BCUT2D eigenvalue weighted by atomic mass is 10.1. The van der Waals surface area contributed by atoms with E-state index in [1.54, 1.807) is 29.3 Å². The molecule has 1 unspecified atom stereocenters. The number of benzene rings is 1. The van der Waals surface area contributed by atoms with Crippen LogP contribution in [-0.4, -0.2) is 45.7 Å². The number of fused-ring (bicyclic) bond motifs is 1. The van der Waals surface area contributed by atoms with Crippen LogP contribution in [0.2, 0.25) is 0 Å². The molecule has 6 heteroatoms. The third kappa shape index (κ3) is 1.43. The molecule has 0 bridgehead atoms. The fraction of sp³-hybridized carbons (Fsp3) is 0.333. The third-order valence-electron chi connectivity index (χ3n) is 3.40. The highest BCUT2D eigenvalue weighted by Gasteiger charge is 2.59. The number of hydrazine groups is 1. The summed E-state index contributed by atoms with van der Waals surface area (Å²) in [5, 5.41) is 2.81. The molecule has 1 aromatic carbocycles. The maximum Gasteiger partial charge on any atom is 0.276 e. The minimum atomic E-state index is -0.462. The van der Waals surface area contributed by atoms with Gasteiger partial charge in [0.25, 0.3) is 11.8 Å². The first-order valence-corrected chi connectivity index (χ1v) is 6.59. The Kier molecular flexibility index (Phi) is 2.62. The smallest absolute Gasteiger partial charge is 0.267 e. The van der Waals surface area contributed by atoms with E-state index < -0.39 is 5.54 Å². The van der Waals surface area contributed by atoms with Gasteiger partial charge in [0.15, 0.2) is 0 Å². The highest BCUT2D eigenvalue weighted by Crippen LogP contribution is 2.40. The summed E-state index contributed by atoms with van der Waals surface area (Å²) in [6.07, 6.45) is 0. The minimum absolute atomic E-state index is 0.296. The predicted octanol–water partition coefficient (Wildman–Crippen LogP) is 1.73. The van der Waals surface area contributed by atoms with Crippen LogP contribution in [0, 0.1) is 0 Å². The molecule has 0 aliphatic carbocycles. The number of carbonyl (C=O) groups excluding carboxylic acids is 2. The molecule has 4 nitrogen and oxygen atoms in total. The minimum Gasteiger partial charge on any atom is -0.267 e. The standard InChI is InChI=1S/C12H10Cl2N2O2/c13-5-12(6-14)7-15(12)16-10(17)8-3-1-2-4-9(8)11(16)18/h1-4H,5-7H2. The van der Waals surface area contributed by atoms with Gasteiger partial charge in [-0.25, -0.2) is 5.01 Å². The predicted molar refractivity (Wildman–Crippen MR) is 67.8 cm³/mol. The van der Waals surface area contributed by atoms with Crippen molar-refractivity contribution in [1.29, 1.82) is 0 Å². The number of nitrogens with zero attached hydrogens (tertiary/aromatic N) is 2. The molecule has 2 aliphatic heterocycles. The van der Waals surface area contributed by atoms with Gasteiger partial charge in [0, 0.05) is 18.3 Å². The average Bonchev–Trinajstić information content (AvgIpc) is 3.07. The van der Waals surface area contributed by atoms with Gasteiger partial charge in [-0.05, 0) is 12.1 Å². The van der Waals surface area contributed by atoms with Gasteiger partial charge in [-0.2, -0.15) is 5.01 Å². The summed E-state index contributed by atoms with van der Waals surface area (Å²) in [4.78, 5) is 24.4. The molecule has 18 heavy (non-hydrogen) atoms. The van der Waals surface area contributed by atoms with E-state index in [-0.39, 0.29) is 11.8 Å². The Labute approximate surface area is 114 Å². The van der Waals surface area contributed by atoms with Gasteiger partial charge in [0.1, 0.15) is 0 Å². The van der Waals surface area contributed by atoms with Gasteiger partial charge in [0.2, 0.25) is 0 Å². The van der Waals surface area contributed by atoms with Crippen molar-refractivity contribution in [2.45, 2.75) is 5.54 Å². The second-order valence-electron chi connectivity index (χ2n) is 4.52. The van der Waals surface area contributed by atoms with Gasteiger partial charge in [-0.15, -0.1) is 23.2 Å². The molecular weight excluding hydrogens is 275 g/mol. The summed E-state index contributed by atoms with van der Waals surface area (Å²) in [5.74, 6) is -0.00575. The van der Waals surface area contributed by atoms with Crippen LogP contribution in [0.5, 0.6) is 0 Å². The SMILES string of the molecule is O=C1c2ccccc2C(=O)N1N1CC1(CCl)CCl. The number of rotatable bonds is 3. The van der Waals surface area contributed by atoms with Crippen LogP contribution in [0.3, 0.4) is 0 Å². The Morgan fingerprint density at radius 1 is 1.06 bits per heavy atom. The maximum absolute atomic E-state index is 12.2. The zero-order valence-electron chi connectivity index (χ0n) is 9.40. The maximum atomic E-state index is 12.2. The van der Waals surface area contributed by atoms with E-state index >= 15 is 0 Å². The fourth-order valence-electron chi connectivity index (χ4n) is 2.18. The van der Waals surface area contributed by atoms with Crippen LogP contribution < -0.4 is 0 Å². The summed E-state index contributed by atoms with van der Waals surface area (Å²) < 4.78 is 0. The molecule has 0 spiro atoms. The molecule has 0 saturated carbocycles. The van der Waals surface area contributed by atoms with Crippen LogP contribution >= 0.6 is 23.2 Å². The van der Waals surface area contributed by atoms with Gasteiger partial charge in [0.05, 0.1) is 16.7 Å². The molecule has 3 rings (SSSR count). The molecule has 2 aliphatic rings. The summed E-state index contributed by atoms with van der Waals surface area (Å²) in [5.41, 5.74) is 0.413. The van der Waals surface area contributed by atoms with Crippen molar-refractivity contribution in [3.63, 3.8) is 0 Å². The van der Waals surface area contributed by atoms with E-state index in [4.69, 9.17) is 23.2 Å². The van der Waals surface area contributed by atoms with Crippen molar-refractivity contribution < 1.29 is 9.59 Å². The number of halogens is 2. The Morgan fingerprint density at radius 3 is 1.94 bits per heavy atom. The van der Waals surface area contributed by atoms with Gasteiger partial charge < -0.3 is 0 Å². The van der Waals surface area contributed by atoms with Gasteiger partial charge in [-0.3, -0.25) is 9.59 Å². The van der Waals surface area contributed by atoms with Crippen molar-refractivity contribution in [3.8, 4) is 0 Å². The van der Waals surface area contributed by atoms with Crippen LogP contribution in [0.15, 0.2) is 24.3 Å². The lowest BCUT2D eigenvalue weighted by molar-refractivity contribution is 0.0336. The highest BCUT2D eigenvalue weighted by molar-refractivity contribution is 6.23. The Balaban J connectivity index is 1.95. The topological polar surface area (TPSA) is 40.4 Å². The number of hydrogen-bond acceptors (Lipinski definition) is 3. The third-order valence-corrected chi connectivity index (χ3v) is 4.39. The van der Waals surface area contributed by atoms with Crippen molar-refractivity contribution in [2.75, 3.05) is 18.3 Å². The zero-order valence-corrected chi connectivity index (χ0v) is 10.9. The molecule has 1 saturated heterocycles. The van der Waals surface area contributed by atoms with E-state index in [9.17, 15) is 9.59 Å². The molecule has 1 atom stereocenters. The van der Waals surface area contributed by atoms with E-state index in [1.807, 2.05) is 0 Å². The Bertz CT molecular complexity index is 508. The molecule has 1 fully saturated rings. The average molecular weight is 285 g/mol. The molecule has 2 heterocycles. The van der Waals surface area contributed by atoms with Crippen LogP contribution in [0.4, 0.5) is 0 Å². The summed E-state index contributed by atoms with van der Waals surface area (Å²) in [6, 6.07) is 6.79. The molecule has 0 radical (unpaired) electrons. The molecule has 2 amide bonds. The van der Waals surface area contributed by atoms with Crippen molar-refractivity contribution in [3.05, 3.63) is 35.4 Å². The summed E-state index contributed by atoms with van der Waals surface area (Å²) >= 11 is 11.7. The van der Waals surface area contributed by atoms with E-state index in [2.05, 4.69) is 0 Å². The van der Waals surface area contributed by atoms with E-state index in [1.165, 1.54) is 0 Å². The second kappa shape index (κ2) is 3.95. The number of carbonyl (C=O) groups is 2. The molecule has 0 aromatic heterocycles. The molecule has 94 valence electrons. The molecule has 0 N–H and O–H groups in total. The first kappa shape index (κ1) is 12.0. The number of alkyl halides is 2. The Hall–Kier alpha value is -1.10. The second-order valence-corrected chi connectivity index (χ2v) is 5.05. The Morgan fingerprint density at radius 2 is 1.56 bits per heavy atom. The lowest BCUT2D eigenvalue weighted by Gasteiger charge is -2.19. The van der Waals surface area contributed by atoms with Crippen molar-refractivity contribution >= 4 is 35.0 Å². The first-order valence-electron chi connectivity index (χ1n) is 5.52. The van der Waals surface area contributed by atoms with Gasteiger partial charge >= 0.3 is 0 Å². The van der Waals surface area contributed by atoms with Crippen LogP contribution in [-0.2, 0) is 0 Å². The monoisotopic (exact) mass is 284 g/mol. The van der Waals surface area contributed by atoms with E-state index in [0.29, 0.717) is 29.4 Å². The quantitative estimate of drug-likeness (QED) is 0.482. The molecule has 1 aromatic rings. The normalized spacial score (nSPS) is 24.3. The fourth-order valence-corrected chi connectivity index (χ4v) is 2.91. The summed E-state index contributed by atoms with van der Waals surface area (Å²) in [6.45, 7) is 0.533. The molecular formula is C12H10Cl2N2O2. The lowest BCUT2D eigenvalue weighted by Crippen LogP contribution is -2.40. The van der Waals surface area contributed by atoms with Crippen LogP contribution in [0.25, 0.3) is 0 Å². The highest BCUT2D eigenvalue weighted by atomic mass is 35.5.